The first-order valence-corrected chi connectivity index (χ1v) is 16.4. The summed E-state index contributed by atoms with van der Waals surface area (Å²) >= 11 is 0. The number of aromatic nitrogens is 4. The van der Waals surface area contributed by atoms with Crippen LogP contribution in [-0.2, 0) is 0 Å². The summed E-state index contributed by atoms with van der Waals surface area (Å²) < 4.78 is 2.21. The molecule has 5 heteroatoms. The minimum Gasteiger partial charge on any atom is -0.333 e. The van der Waals surface area contributed by atoms with Crippen molar-refractivity contribution >= 4 is 49.5 Å². The summed E-state index contributed by atoms with van der Waals surface area (Å²) in [5.74, 6) is 2.00. The molecule has 0 saturated carbocycles. The van der Waals surface area contributed by atoms with Gasteiger partial charge in [-0.1, -0.05) is 133 Å². The maximum atomic E-state index is 5.36. The fourth-order valence-corrected chi connectivity index (χ4v) is 7.77. The quantitative estimate of drug-likeness (QED) is 0.198. The topological polar surface area (TPSA) is 46.8 Å². The molecule has 2 aromatic heterocycles. The number of fused-ring (bicyclic) bond motifs is 8. The Bertz CT molecular complexity index is 2580. The van der Waals surface area contributed by atoms with Crippen LogP contribution in [0, 0.1) is 0 Å². The number of hydrogen-bond donors (Lipinski definition) is 0. The van der Waals surface area contributed by atoms with Crippen molar-refractivity contribution in [2.75, 3.05) is 4.90 Å². The summed E-state index contributed by atoms with van der Waals surface area (Å²) in [6, 6.07) is 51.3. The van der Waals surface area contributed by atoms with Crippen LogP contribution < -0.4 is 4.90 Å². The van der Waals surface area contributed by atoms with Gasteiger partial charge in [0.1, 0.15) is 0 Å². The minimum atomic E-state index is 0.0485. The Morgan fingerprint density at radius 2 is 1.25 bits per heavy atom. The predicted molar refractivity (Wildman–Crippen MR) is 196 cm³/mol. The Balaban J connectivity index is 1.22. The van der Waals surface area contributed by atoms with Gasteiger partial charge < -0.3 is 4.90 Å². The van der Waals surface area contributed by atoms with Gasteiger partial charge in [0, 0.05) is 39.2 Å². The standard InChI is InChI=1S/C43H29N5/c1-3-15-29(16-4-1)41-44-42(34-22-13-25-37-40(34)32-20-9-11-23-35(32)47(37)30-17-5-2-6-18-30)46-43(45-41)48-36-24-12-10-21-33(36)39-31-19-8-7-14-28(31)26-27-38(39)48/h1-27,37,40H. The van der Waals surface area contributed by atoms with Crippen molar-refractivity contribution in [2.24, 2.45) is 0 Å². The lowest BCUT2D eigenvalue weighted by molar-refractivity contribution is 0.749. The number of nitrogens with zero attached hydrogens (tertiary/aromatic N) is 5. The molecule has 0 radical (unpaired) electrons. The lowest BCUT2D eigenvalue weighted by Gasteiger charge is -2.31. The SMILES string of the molecule is C1=CC2C(C(c3nc(-c4ccccc4)nc(-n4c5ccccc5c5c6ccccc6ccc54)n3)=C1)c1ccccc1N2c1ccccc1. The molecule has 0 N–H and O–H groups in total. The molecule has 2 unspecified atom stereocenters. The van der Waals surface area contributed by atoms with Crippen molar-refractivity contribution in [1.29, 1.82) is 0 Å². The fraction of sp³-hybridized carbons (Fsp3) is 0.0465. The van der Waals surface area contributed by atoms with Gasteiger partial charge in [-0.3, -0.25) is 4.57 Å². The van der Waals surface area contributed by atoms with Crippen LogP contribution in [0.1, 0.15) is 17.3 Å². The van der Waals surface area contributed by atoms with Gasteiger partial charge in [0.25, 0.3) is 0 Å². The summed E-state index contributed by atoms with van der Waals surface area (Å²) in [7, 11) is 0. The molecular formula is C43H29N5. The second-order valence-electron chi connectivity index (χ2n) is 12.4. The van der Waals surface area contributed by atoms with Crippen LogP contribution in [0.4, 0.5) is 11.4 Å². The van der Waals surface area contributed by atoms with E-state index in [1.54, 1.807) is 0 Å². The highest BCUT2D eigenvalue weighted by Crippen LogP contribution is 2.52. The van der Waals surface area contributed by atoms with Crippen molar-refractivity contribution in [3.05, 3.63) is 175 Å². The molecular weight excluding hydrogens is 587 g/mol. The number of benzene rings is 6. The lowest BCUT2D eigenvalue weighted by Crippen LogP contribution is -2.30. The zero-order valence-electron chi connectivity index (χ0n) is 26.0. The highest BCUT2D eigenvalue weighted by molar-refractivity contribution is 6.21. The third-order valence-corrected chi connectivity index (χ3v) is 9.80. The van der Waals surface area contributed by atoms with E-state index < -0.39 is 0 Å². The number of allylic oxidation sites excluding steroid dienone is 2. The molecule has 226 valence electrons. The third kappa shape index (κ3) is 4.01. The summed E-state index contributed by atoms with van der Waals surface area (Å²) in [5, 5.41) is 4.81. The second kappa shape index (κ2) is 10.6. The number of rotatable bonds is 4. The minimum absolute atomic E-state index is 0.0485. The first-order valence-electron chi connectivity index (χ1n) is 16.4. The molecule has 2 atom stereocenters. The van der Waals surface area contributed by atoms with E-state index in [0.29, 0.717) is 17.6 Å². The largest absolute Gasteiger partial charge is 0.333 e. The van der Waals surface area contributed by atoms with E-state index in [9.17, 15) is 0 Å². The van der Waals surface area contributed by atoms with Crippen molar-refractivity contribution in [3.63, 3.8) is 0 Å². The molecule has 0 saturated heterocycles. The highest BCUT2D eigenvalue weighted by Gasteiger charge is 2.42. The van der Waals surface area contributed by atoms with Crippen LogP contribution in [-0.4, -0.2) is 25.6 Å². The fourth-order valence-electron chi connectivity index (χ4n) is 7.77. The number of para-hydroxylation sites is 3. The van der Waals surface area contributed by atoms with Gasteiger partial charge in [0.15, 0.2) is 11.6 Å². The van der Waals surface area contributed by atoms with E-state index in [0.717, 1.165) is 22.2 Å². The van der Waals surface area contributed by atoms with Crippen molar-refractivity contribution in [2.45, 2.75) is 12.0 Å². The molecule has 6 aromatic carbocycles. The zero-order valence-corrected chi connectivity index (χ0v) is 26.0. The predicted octanol–water partition coefficient (Wildman–Crippen LogP) is 10.0. The molecule has 1 aliphatic heterocycles. The molecule has 0 amide bonds. The lowest BCUT2D eigenvalue weighted by atomic mass is 9.83. The molecule has 2 aliphatic rings. The zero-order chi connectivity index (χ0) is 31.6. The summed E-state index contributed by atoms with van der Waals surface area (Å²) in [4.78, 5) is 18.2. The molecule has 48 heavy (non-hydrogen) atoms. The first-order chi connectivity index (χ1) is 23.8. The Hall–Kier alpha value is -6.33. The highest BCUT2D eigenvalue weighted by atomic mass is 15.2. The molecule has 0 spiro atoms. The molecule has 3 heterocycles. The van der Waals surface area contributed by atoms with Crippen LogP contribution in [0.5, 0.6) is 0 Å². The average molecular weight is 616 g/mol. The van der Waals surface area contributed by atoms with Gasteiger partial charge in [-0.2, -0.15) is 9.97 Å². The Morgan fingerprint density at radius 3 is 2.12 bits per heavy atom. The first kappa shape index (κ1) is 26.8. The average Bonchev–Trinajstić information content (AvgIpc) is 3.69. The second-order valence-corrected chi connectivity index (χ2v) is 12.4. The van der Waals surface area contributed by atoms with Gasteiger partial charge in [-0.05, 0) is 46.7 Å². The van der Waals surface area contributed by atoms with Crippen LogP contribution in [0.15, 0.2) is 164 Å². The number of anilines is 2. The Kier molecular flexibility index (Phi) is 5.93. The normalized spacial score (nSPS) is 16.8. The van der Waals surface area contributed by atoms with Crippen molar-refractivity contribution in [1.82, 2.24) is 19.5 Å². The molecule has 8 aromatic rings. The Labute approximate surface area is 277 Å². The number of hydrogen-bond acceptors (Lipinski definition) is 4. The smallest absolute Gasteiger partial charge is 0.238 e. The summed E-state index contributed by atoms with van der Waals surface area (Å²) in [5.41, 5.74) is 7.83. The van der Waals surface area contributed by atoms with Crippen LogP contribution in [0.2, 0.25) is 0 Å². The summed E-state index contributed by atoms with van der Waals surface area (Å²) in [6.45, 7) is 0. The molecule has 0 fully saturated rings. The third-order valence-electron chi connectivity index (χ3n) is 9.80. The van der Waals surface area contributed by atoms with E-state index >= 15 is 0 Å². The maximum absolute atomic E-state index is 5.36. The van der Waals surface area contributed by atoms with Gasteiger partial charge in [-0.15, -0.1) is 0 Å². The van der Waals surface area contributed by atoms with E-state index in [1.807, 2.05) is 18.2 Å². The molecule has 0 bridgehead atoms. The van der Waals surface area contributed by atoms with Gasteiger partial charge in [0.2, 0.25) is 5.95 Å². The molecule has 10 rings (SSSR count). The molecule has 1 aliphatic carbocycles. The maximum Gasteiger partial charge on any atom is 0.238 e. The van der Waals surface area contributed by atoms with E-state index in [-0.39, 0.29) is 12.0 Å². The summed E-state index contributed by atoms with van der Waals surface area (Å²) in [6.07, 6.45) is 6.66. The van der Waals surface area contributed by atoms with Crippen LogP contribution in [0.3, 0.4) is 0 Å². The van der Waals surface area contributed by atoms with E-state index in [2.05, 4.69) is 155 Å². The van der Waals surface area contributed by atoms with Gasteiger partial charge >= 0.3 is 0 Å². The van der Waals surface area contributed by atoms with Crippen molar-refractivity contribution < 1.29 is 0 Å². The monoisotopic (exact) mass is 615 g/mol. The van der Waals surface area contributed by atoms with Gasteiger partial charge in [0.05, 0.1) is 17.1 Å². The van der Waals surface area contributed by atoms with Crippen LogP contribution >= 0.6 is 0 Å². The van der Waals surface area contributed by atoms with Crippen molar-refractivity contribution in [3.8, 4) is 17.3 Å². The van der Waals surface area contributed by atoms with Crippen LogP contribution in [0.25, 0.3) is 55.5 Å². The van der Waals surface area contributed by atoms with Gasteiger partial charge in [-0.25, -0.2) is 4.98 Å². The van der Waals surface area contributed by atoms with E-state index in [4.69, 9.17) is 15.0 Å². The Morgan fingerprint density at radius 1 is 0.542 bits per heavy atom. The van der Waals surface area contributed by atoms with E-state index in [1.165, 1.54) is 38.5 Å². The molecule has 5 nitrogen and oxygen atoms in total.